The molecule has 0 saturated carbocycles. The second kappa shape index (κ2) is 11.1. The zero-order valence-corrected chi connectivity index (χ0v) is 21.7. The molecule has 0 bridgehead atoms. The highest BCUT2D eigenvalue weighted by molar-refractivity contribution is 7.09. The van der Waals surface area contributed by atoms with Gasteiger partial charge in [-0.1, -0.05) is 38.1 Å². The molecule has 2 heterocycles. The van der Waals surface area contributed by atoms with E-state index in [0.29, 0.717) is 34.3 Å². The highest BCUT2D eigenvalue weighted by atomic mass is 32.1. The van der Waals surface area contributed by atoms with Crippen molar-refractivity contribution in [2.75, 3.05) is 36.9 Å². The van der Waals surface area contributed by atoms with Gasteiger partial charge in [-0.25, -0.2) is 4.79 Å². The van der Waals surface area contributed by atoms with Gasteiger partial charge in [0.25, 0.3) is 0 Å². The average Bonchev–Trinajstić information content (AvgIpc) is 3.32. The van der Waals surface area contributed by atoms with Crippen molar-refractivity contribution in [1.82, 2.24) is 14.3 Å². The summed E-state index contributed by atoms with van der Waals surface area (Å²) in [5, 5.41) is 12.8. The molecule has 1 aliphatic heterocycles. The predicted octanol–water partition coefficient (Wildman–Crippen LogP) is 6.22. The first-order valence-corrected chi connectivity index (χ1v) is 12.9. The van der Waals surface area contributed by atoms with Gasteiger partial charge in [-0.15, -0.1) is 0 Å². The van der Waals surface area contributed by atoms with Gasteiger partial charge in [0, 0.05) is 24.1 Å². The monoisotopic (exact) mass is 533 g/mol. The summed E-state index contributed by atoms with van der Waals surface area (Å²) in [5.74, 6) is -1.90. The molecule has 0 atom stereocenters. The number of halogens is 3. The number of alkyl halides is 3. The number of nitrogens with zero attached hydrogens (tertiary/aromatic N) is 4. The van der Waals surface area contributed by atoms with E-state index in [0.717, 1.165) is 38.2 Å². The molecule has 0 spiro atoms. The van der Waals surface area contributed by atoms with Crippen LogP contribution in [0.2, 0.25) is 0 Å². The highest BCUT2D eigenvalue weighted by Crippen LogP contribution is 2.38. The van der Waals surface area contributed by atoms with Crippen LogP contribution in [0.25, 0.3) is 11.1 Å². The molecule has 7 nitrogen and oxygen atoms in total. The maximum Gasteiger partial charge on any atom is 0.452 e. The first-order chi connectivity index (χ1) is 17.5. The smallest absolute Gasteiger partial charge is 0.452 e. The van der Waals surface area contributed by atoms with Crippen LogP contribution in [0, 0.1) is 5.92 Å². The highest BCUT2D eigenvalue weighted by Gasteiger charge is 2.36. The first kappa shape index (κ1) is 26.9. The number of aromatic carboxylic acids is 1. The third kappa shape index (κ3) is 6.40. The van der Waals surface area contributed by atoms with Crippen molar-refractivity contribution in [2.45, 2.75) is 38.9 Å². The van der Waals surface area contributed by atoms with Crippen molar-refractivity contribution in [2.24, 2.45) is 5.92 Å². The fourth-order valence-electron chi connectivity index (χ4n) is 4.62. The van der Waals surface area contributed by atoms with E-state index in [2.05, 4.69) is 45.4 Å². The number of carboxylic acid groups (broad SMARTS) is 1. The van der Waals surface area contributed by atoms with Crippen molar-refractivity contribution < 1.29 is 23.1 Å². The molecule has 2 N–H and O–H groups in total. The summed E-state index contributed by atoms with van der Waals surface area (Å²) < 4.78 is 42.9. The fourth-order valence-corrected chi connectivity index (χ4v) is 5.22. The van der Waals surface area contributed by atoms with Gasteiger partial charge in [0.05, 0.1) is 16.9 Å². The molecule has 1 aromatic heterocycles. The molecule has 198 valence electrons. The van der Waals surface area contributed by atoms with Gasteiger partial charge in [-0.05, 0) is 68.2 Å². The Morgan fingerprint density at radius 1 is 1.22 bits per heavy atom. The molecule has 1 aliphatic rings. The van der Waals surface area contributed by atoms with Crippen LogP contribution >= 0.6 is 11.5 Å². The van der Waals surface area contributed by atoms with E-state index < -0.39 is 18.0 Å². The van der Waals surface area contributed by atoms with E-state index in [9.17, 15) is 23.1 Å². The molecular weight excluding hydrogens is 503 g/mol. The lowest BCUT2D eigenvalue weighted by Crippen LogP contribution is -2.45. The van der Waals surface area contributed by atoms with Gasteiger partial charge in [-0.2, -0.15) is 22.5 Å². The van der Waals surface area contributed by atoms with Crippen LogP contribution in [-0.2, 0) is 6.18 Å². The Balaban J connectivity index is 1.80. The van der Waals surface area contributed by atoms with Gasteiger partial charge >= 0.3 is 12.1 Å². The Kier molecular flexibility index (Phi) is 8.03. The summed E-state index contributed by atoms with van der Waals surface area (Å²) in [6.45, 7) is 6.94. The zero-order chi connectivity index (χ0) is 26.7. The van der Waals surface area contributed by atoms with E-state index in [1.807, 2.05) is 12.1 Å². The number of aromatic nitrogens is 2. The second-order valence-electron chi connectivity index (χ2n) is 9.71. The Bertz CT molecular complexity index is 1240. The summed E-state index contributed by atoms with van der Waals surface area (Å²) >= 11 is 0.640. The SMILES string of the molecule is CC(C)CN(c1ccc(-c2ccccc2C(=O)O)cc1Nc1nc(C(F)(F)F)ns1)C1CCN(C)CC1. The molecule has 0 unspecified atom stereocenters. The van der Waals surface area contributed by atoms with E-state index in [4.69, 9.17) is 0 Å². The number of hydrogen-bond donors (Lipinski definition) is 2. The molecule has 0 radical (unpaired) electrons. The van der Waals surface area contributed by atoms with Crippen LogP contribution in [-0.4, -0.2) is 58.1 Å². The van der Waals surface area contributed by atoms with Crippen LogP contribution in [0.15, 0.2) is 42.5 Å². The summed E-state index contributed by atoms with van der Waals surface area (Å²) in [4.78, 5) is 20.1. The number of piperidine rings is 1. The molecule has 37 heavy (non-hydrogen) atoms. The number of rotatable bonds is 8. The van der Waals surface area contributed by atoms with Gasteiger partial charge in [0.1, 0.15) is 0 Å². The largest absolute Gasteiger partial charge is 0.478 e. The number of carboxylic acids is 1. The van der Waals surface area contributed by atoms with Crippen LogP contribution in [0.3, 0.4) is 0 Å². The Morgan fingerprint density at radius 2 is 1.92 bits per heavy atom. The van der Waals surface area contributed by atoms with Crippen molar-refractivity contribution in [3.63, 3.8) is 0 Å². The third-order valence-electron chi connectivity index (χ3n) is 6.39. The first-order valence-electron chi connectivity index (χ1n) is 12.1. The van der Waals surface area contributed by atoms with Crippen LogP contribution in [0.4, 0.5) is 29.7 Å². The van der Waals surface area contributed by atoms with Crippen molar-refractivity contribution >= 4 is 34.0 Å². The number of anilines is 3. The zero-order valence-electron chi connectivity index (χ0n) is 20.9. The molecule has 11 heteroatoms. The van der Waals surface area contributed by atoms with Crippen molar-refractivity contribution in [3.8, 4) is 11.1 Å². The van der Waals surface area contributed by atoms with Gasteiger partial charge in [0.15, 0.2) is 0 Å². The van der Waals surface area contributed by atoms with E-state index in [1.54, 1.807) is 24.3 Å². The predicted molar refractivity (Wildman–Crippen MR) is 140 cm³/mol. The molecular formula is C26H30F3N5O2S. The molecule has 1 saturated heterocycles. The molecule has 3 aromatic rings. The molecule has 4 rings (SSSR count). The van der Waals surface area contributed by atoms with Crippen LogP contribution in [0.5, 0.6) is 0 Å². The topological polar surface area (TPSA) is 81.6 Å². The molecule has 0 amide bonds. The van der Waals surface area contributed by atoms with Gasteiger partial charge in [0.2, 0.25) is 11.0 Å². The number of likely N-dealkylation sites (tertiary alicyclic amines) is 1. The number of carbonyl (C=O) groups is 1. The molecule has 1 fully saturated rings. The number of hydrogen-bond acceptors (Lipinski definition) is 7. The standard InChI is InChI=1S/C26H30F3N5O2S/c1-16(2)15-34(18-10-12-33(3)13-11-18)22-9-8-17(19-6-4-5-7-20(19)23(35)36)14-21(22)30-25-31-24(32-37-25)26(27,28)29/h4-9,14,16,18H,10-13,15H2,1-3H3,(H,35,36)(H,30,31,32). The summed E-state index contributed by atoms with van der Waals surface area (Å²) in [6.07, 6.45) is -2.72. The minimum absolute atomic E-state index is 0.0186. The second-order valence-corrected chi connectivity index (χ2v) is 10.5. The van der Waals surface area contributed by atoms with Crippen LogP contribution < -0.4 is 10.2 Å². The quantitative estimate of drug-likeness (QED) is 0.356. The Hall–Kier alpha value is -3.18. The maximum atomic E-state index is 13.2. The average molecular weight is 534 g/mol. The van der Waals surface area contributed by atoms with Gasteiger partial charge in [-0.3, -0.25) is 0 Å². The summed E-state index contributed by atoms with van der Waals surface area (Å²) in [6, 6.07) is 12.5. The van der Waals surface area contributed by atoms with Crippen LogP contribution in [0.1, 0.15) is 42.9 Å². The lowest BCUT2D eigenvalue weighted by molar-refractivity contribution is -0.144. The Labute approximate surface area is 218 Å². The lowest BCUT2D eigenvalue weighted by Gasteiger charge is -2.40. The van der Waals surface area contributed by atoms with E-state index in [1.165, 1.54) is 6.07 Å². The van der Waals surface area contributed by atoms with Gasteiger partial charge < -0.3 is 20.2 Å². The van der Waals surface area contributed by atoms with E-state index >= 15 is 0 Å². The summed E-state index contributed by atoms with van der Waals surface area (Å²) in [7, 11) is 2.10. The number of benzene rings is 2. The summed E-state index contributed by atoms with van der Waals surface area (Å²) in [5.41, 5.74) is 2.70. The fraction of sp³-hybridized carbons (Fsp3) is 0.423. The minimum atomic E-state index is -4.64. The lowest BCUT2D eigenvalue weighted by atomic mass is 9.97. The van der Waals surface area contributed by atoms with Crippen molar-refractivity contribution in [1.29, 1.82) is 0 Å². The third-order valence-corrected chi connectivity index (χ3v) is 7.02. The molecule has 0 aliphatic carbocycles. The normalized spacial score (nSPS) is 15.2. The minimum Gasteiger partial charge on any atom is -0.478 e. The van der Waals surface area contributed by atoms with E-state index in [-0.39, 0.29) is 16.7 Å². The number of nitrogens with one attached hydrogen (secondary N) is 1. The van der Waals surface area contributed by atoms with Crippen molar-refractivity contribution in [3.05, 3.63) is 53.9 Å². The Morgan fingerprint density at radius 3 is 2.54 bits per heavy atom. The molecule has 2 aromatic carbocycles. The maximum absolute atomic E-state index is 13.2.